The molecular formula is C25H12N6. The monoisotopic (exact) mass is 396 g/mol. The molecule has 3 aromatic heterocycles. The van der Waals surface area contributed by atoms with Gasteiger partial charge in [0, 0.05) is 34.9 Å². The standard InChI is InChI=1S/C25H12N6/c26-11-16-4-6-23-20(9-16)21-10-17(22-3-1-2-8-30-22)5-7-24(21)31(23)25-18(12-27)14-29-15-19(25)13-28/h1-10,14-15H. The molecule has 0 N–H and O–H groups in total. The highest BCUT2D eigenvalue weighted by Gasteiger charge is 2.19. The highest BCUT2D eigenvalue weighted by molar-refractivity contribution is 6.11. The zero-order chi connectivity index (χ0) is 21.4. The second kappa shape index (κ2) is 7.12. The van der Waals surface area contributed by atoms with Gasteiger partial charge in [0.1, 0.15) is 12.1 Å². The highest BCUT2D eigenvalue weighted by Crippen LogP contribution is 2.36. The van der Waals surface area contributed by atoms with E-state index in [1.807, 2.05) is 53.1 Å². The molecule has 6 heteroatoms. The van der Waals surface area contributed by atoms with Crippen molar-refractivity contribution in [2.75, 3.05) is 0 Å². The summed E-state index contributed by atoms with van der Waals surface area (Å²) in [4.78, 5) is 8.46. The van der Waals surface area contributed by atoms with E-state index in [1.54, 1.807) is 12.3 Å². The van der Waals surface area contributed by atoms with Crippen LogP contribution in [-0.2, 0) is 0 Å². The fraction of sp³-hybridized carbons (Fsp3) is 0. The van der Waals surface area contributed by atoms with E-state index in [9.17, 15) is 15.8 Å². The average Bonchev–Trinajstić information content (AvgIpc) is 3.16. The Labute approximate surface area is 177 Å². The maximum absolute atomic E-state index is 9.69. The van der Waals surface area contributed by atoms with Crippen molar-refractivity contribution in [3.05, 3.63) is 89.9 Å². The van der Waals surface area contributed by atoms with Crippen LogP contribution in [0.15, 0.2) is 73.2 Å². The van der Waals surface area contributed by atoms with Crippen LogP contribution in [0.25, 0.3) is 38.8 Å². The molecule has 2 aromatic carbocycles. The molecule has 0 spiro atoms. The number of aromatic nitrogens is 3. The molecule has 0 saturated carbocycles. The van der Waals surface area contributed by atoms with Gasteiger partial charge in [-0.1, -0.05) is 12.1 Å². The number of benzene rings is 2. The Hall–Kier alpha value is -4.99. The molecule has 142 valence electrons. The molecule has 0 radical (unpaired) electrons. The van der Waals surface area contributed by atoms with E-state index in [0.29, 0.717) is 22.4 Å². The fourth-order valence-corrected chi connectivity index (χ4v) is 3.88. The van der Waals surface area contributed by atoms with Gasteiger partial charge in [0.25, 0.3) is 0 Å². The number of hydrogen-bond donors (Lipinski definition) is 0. The lowest BCUT2D eigenvalue weighted by Gasteiger charge is -2.11. The zero-order valence-electron chi connectivity index (χ0n) is 16.1. The van der Waals surface area contributed by atoms with Crippen molar-refractivity contribution in [2.45, 2.75) is 0 Å². The van der Waals surface area contributed by atoms with Crippen LogP contribution in [0.4, 0.5) is 0 Å². The molecule has 0 aliphatic heterocycles. The second-order valence-electron chi connectivity index (χ2n) is 6.93. The predicted molar refractivity (Wildman–Crippen MR) is 116 cm³/mol. The summed E-state index contributed by atoms with van der Waals surface area (Å²) in [5.74, 6) is 0. The molecule has 6 nitrogen and oxygen atoms in total. The van der Waals surface area contributed by atoms with Crippen LogP contribution in [0.2, 0.25) is 0 Å². The predicted octanol–water partition coefficient (Wildman–Crippen LogP) is 4.86. The molecule has 0 fully saturated rings. The lowest BCUT2D eigenvalue weighted by Crippen LogP contribution is -2.02. The van der Waals surface area contributed by atoms with Crippen molar-refractivity contribution in [3.63, 3.8) is 0 Å². The number of pyridine rings is 2. The van der Waals surface area contributed by atoms with E-state index >= 15 is 0 Å². The normalized spacial score (nSPS) is 10.5. The molecule has 5 aromatic rings. The van der Waals surface area contributed by atoms with E-state index in [4.69, 9.17) is 0 Å². The third kappa shape index (κ3) is 2.78. The Balaban J connectivity index is 1.94. The first kappa shape index (κ1) is 18.1. The van der Waals surface area contributed by atoms with Gasteiger partial charge in [-0.2, -0.15) is 15.8 Å². The molecule has 0 saturated heterocycles. The van der Waals surface area contributed by atoms with Crippen LogP contribution in [0.5, 0.6) is 0 Å². The SMILES string of the molecule is N#Cc1ccc2c(c1)c1cc(-c3ccccn3)ccc1n2-c1c(C#N)cncc1C#N. The summed E-state index contributed by atoms with van der Waals surface area (Å²) in [5, 5.41) is 30.6. The van der Waals surface area contributed by atoms with Crippen molar-refractivity contribution in [2.24, 2.45) is 0 Å². The van der Waals surface area contributed by atoms with Gasteiger partial charge in [0.15, 0.2) is 0 Å². The minimum absolute atomic E-state index is 0.302. The molecule has 0 bridgehead atoms. The quantitative estimate of drug-likeness (QED) is 0.424. The minimum Gasteiger partial charge on any atom is -0.307 e. The molecule has 0 amide bonds. The Morgan fingerprint density at radius 2 is 1.45 bits per heavy atom. The molecule has 0 aliphatic carbocycles. The summed E-state index contributed by atoms with van der Waals surface area (Å²) in [6.07, 6.45) is 4.66. The van der Waals surface area contributed by atoms with Gasteiger partial charge in [-0.05, 0) is 42.5 Å². The largest absolute Gasteiger partial charge is 0.307 e. The lowest BCUT2D eigenvalue weighted by atomic mass is 10.1. The van der Waals surface area contributed by atoms with Gasteiger partial charge in [-0.15, -0.1) is 0 Å². The fourth-order valence-electron chi connectivity index (χ4n) is 3.88. The van der Waals surface area contributed by atoms with Crippen molar-refractivity contribution in [1.82, 2.24) is 14.5 Å². The summed E-state index contributed by atoms with van der Waals surface area (Å²) < 4.78 is 1.90. The second-order valence-corrected chi connectivity index (χ2v) is 6.93. The smallest absolute Gasteiger partial charge is 0.103 e. The minimum atomic E-state index is 0.302. The molecule has 3 heterocycles. The van der Waals surface area contributed by atoms with Crippen molar-refractivity contribution in [1.29, 1.82) is 15.8 Å². The summed E-state index contributed by atoms with van der Waals surface area (Å²) in [5.41, 5.74) is 5.01. The Morgan fingerprint density at radius 1 is 0.742 bits per heavy atom. The van der Waals surface area contributed by atoms with E-state index in [-0.39, 0.29) is 0 Å². The summed E-state index contributed by atoms with van der Waals surface area (Å²) in [6, 6.07) is 23.6. The Kier molecular flexibility index (Phi) is 4.15. The third-order valence-electron chi connectivity index (χ3n) is 5.24. The van der Waals surface area contributed by atoms with Crippen LogP contribution in [0.1, 0.15) is 16.7 Å². The van der Waals surface area contributed by atoms with Crippen LogP contribution in [-0.4, -0.2) is 14.5 Å². The average molecular weight is 396 g/mol. The molecule has 0 unspecified atom stereocenters. The number of nitriles is 3. The number of rotatable bonds is 2. The van der Waals surface area contributed by atoms with Gasteiger partial charge in [0.2, 0.25) is 0 Å². The van der Waals surface area contributed by atoms with E-state index in [2.05, 4.69) is 28.2 Å². The van der Waals surface area contributed by atoms with Gasteiger partial charge in [-0.25, -0.2) is 0 Å². The zero-order valence-corrected chi connectivity index (χ0v) is 16.1. The Morgan fingerprint density at radius 3 is 2.10 bits per heavy atom. The van der Waals surface area contributed by atoms with Crippen LogP contribution in [0, 0.1) is 34.0 Å². The van der Waals surface area contributed by atoms with Gasteiger partial charge in [0.05, 0.1) is 45.2 Å². The highest BCUT2D eigenvalue weighted by atomic mass is 15.0. The van der Waals surface area contributed by atoms with E-state index in [0.717, 1.165) is 33.1 Å². The van der Waals surface area contributed by atoms with Gasteiger partial charge in [-0.3, -0.25) is 9.97 Å². The lowest BCUT2D eigenvalue weighted by molar-refractivity contribution is 1.12. The Bertz CT molecular complexity index is 1580. The summed E-state index contributed by atoms with van der Waals surface area (Å²) >= 11 is 0. The summed E-state index contributed by atoms with van der Waals surface area (Å²) in [7, 11) is 0. The topological polar surface area (TPSA) is 102 Å². The molecule has 0 aliphatic rings. The maximum Gasteiger partial charge on any atom is 0.103 e. The van der Waals surface area contributed by atoms with Crippen LogP contribution in [0.3, 0.4) is 0 Å². The number of fused-ring (bicyclic) bond motifs is 3. The van der Waals surface area contributed by atoms with Gasteiger partial charge < -0.3 is 4.57 Å². The maximum atomic E-state index is 9.69. The van der Waals surface area contributed by atoms with Crippen molar-refractivity contribution in [3.8, 4) is 35.2 Å². The van der Waals surface area contributed by atoms with E-state index in [1.165, 1.54) is 12.4 Å². The van der Waals surface area contributed by atoms with E-state index < -0.39 is 0 Å². The van der Waals surface area contributed by atoms with Crippen molar-refractivity contribution >= 4 is 21.8 Å². The molecule has 0 atom stereocenters. The number of hydrogen-bond acceptors (Lipinski definition) is 5. The number of nitrogens with zero attached hydrogens (tertiary/aromatic N) is 6. The molecule has 5 rings (SSSR count). The first-order chi connectivity index (χ1) is 15.2. The van der Waals surface area contributed by atoms with Crippen LogP contribution < -0.4 is 0 Å². The summed E-state index contributed by atoms with van der Waals surface area (Å²) in [6.45, 7) is 0. The first-order valence-corrected chi connectivity index (χ1v) is 9.43. The van der Waals surface area contributed by atoms with Crippen LogP contribution >= 0.6 is 0 Å². The third-order valence-corrected chi connectivity index (χ3v) is 5.24. The van der Waals surface area contributed by atoms with Crippen molar-refractivity contribution < 1.29 is 0 Å². The molecule has 31 heavy (non-hydrogen) atoms. The first-order valence-electron chi connectivity index (χ1n) is 9.43. The molecular weight excluding hydrogens is 384 g/mol. The van der Waals surface area contributed by atoms with Gasteiger partial charge >= 0.3 is 0 Å².